The molecule has 0 amide bonds. The monoisotopic (exact) mass is 507 g/mol. The Kier molecular flexibility index (Phi) is 7.12. The van der Waals surface area contributed by atoms with Gasteiger partial charge in [0, 0.05) is 27.7 Å². The van der Waals surface area contributed by atoms with Crippen LogP contribution in [0.4, 0.5) is 0 Å². The van der Waals surface area contributed by atoms with E-state index in [0.29, 0.717) is 6.42 Å². The highest BCUT2D eigenvalue weighted by Crippen LogP contribution is 2.41. The van der Waals surface area contributed by atoms with E-state index in [1.807, 2.05) is 39.0 Å². The molecule has 188 valence electrons. The Hall–Kier alpha value is -3.50. The van der Waals surface area contributed by atoms with Crippen molar-refractivity contribution >= 4 is 39.5 Å². The quantitative estimate of drug-likeness (QED) is 0.164. The second-order valence-corrected chi connectivity index (χ2v) is 11.3. The number of para-hydroxylation sites is 1. The number of rotatable bonds is 7. The van der Waals surface area contributed by atoms with Crippen molar-refractivity contribution in [3.05, 3.63) is 114 Å². The fourth-order valence-electron chi connectivity index (χ4n) is 5.09. The molecular formula is C33H33NO2S. The molecule has 4 aromatic carbocycles. The molecule has 0 aliphatic carbocycles. The predicted octanol–water partition coefficient (Wildman–Crippen LogP) is 8.23. The van der Waals surface area contributed by atoms with E-state index in [4.69, 9.17) is 4.74 Å². The van der Waals surface area contributed by atoms with Gasteiger partial charge < -0.3 is 9.30 Å². The maximum absolute atomic E-state index is 13.7. The molecule has 0 aliphatic heterocycles. The minimum Gasteiger partial charge on any atom is -0.459 e. The van der Waals surface area contributed by atoms with Crippen molar-refractivity contribution in [3.63, 3.8) is 0 Å². The number of benzene rings is 4. The Morgan fingerprint density at radius 1 is 0.811 bits per heavy atom. The highest BCUT2D eigenvalue weighted by molar-refractivity contribution is 7.98. The fourth-order valence-corrected chi connectivity index (χ4v) is 5.95. The maximum Gasteiger partial charge on any atom is 0.314 e. The first-order valence-corrected chi connectivity index (χ1v) is 14.0. The lowest BCUT2D eigenvalue weighted by atomic mass is 9.90. The van der Waals surface area contributed by atoms with E-state index < -0.39 is 11.5 Å². The van der Waals surface area contributed by atoms with E-state index in [-0.39, 0.29) is 5.97 Å². The average Bonchev–Trinajstić information content (AvgIpc) is 3.20. The summed E-state index contributed by atoms with van der Waals surface area (Å²) in [7, 11) is 0. The Bertz CT molecular complexity index is 1530. The molecule has 5 aromatic rings. The van der Waals surface area contributed by atoms with E-state index in [1.54, 1.807) is 11.8 Å². The molecule has 0 spiro atoms. The Morgan fingerprint density at radius 2 is 1.43 bits per heavy atom. The molecule has 5 rings (SSSR count). The van der Waals surface area contributed by atoms with Gasteiger partial charge >= 0.3 is 5.97 Å². The van der Waals surface area contributed by atoms with Gasteiger partial charge in [-0.05, 0) is 56.2 Å². The van der Waals surface area contributed by atoms with Crippen LogP contribution in [0, 0.1) is 0 Å². The summed E-state index contributed by atoms with van der Waals surface area (Å²) in [4.78, 5) is 14.8. The second kappa shape index (κ2) is 10.5. The number of ether oxygens (including phenoxy) is 1. The molecule has 0 fully saturated rings. The van der Waals surface area contributed by atoms with Crippen LogP contribution in [0.1, 0.15) is 43.4 Å². The summed E-state index contributed by atoms with van der Waals surface area (Å²) in [6, 6.07) is 33.7. The molecule has 1 unspecified atom stereocenters. The number of hydrogen-bond acceptors (Lipinski definition) is 3. The van der Waals surface area contributed by atoms with Gasteiger partial charge in [0.15, 0.2) is 0 Å². The molecule has 0 aliphatic rings. The van der Waals surface area contributed by atoms with Gasteiger partial charge in [-0.25, -0.2) is 0 Å². The zero-order chi connectivity index (χ0) is 26.0. The normalized spacial score (nSPS) is 12.6. The van der Waals surface area contributed by atoms with E-state index in [0.717, 1.165) is 22.6 Å². The van der Waals surface area contributed by atoms with Crippen LogP contribution in [-0.4, -0.2) is 22.4 Å². The molecule has 1 atom stereocenters. The van der Waals surface area contributed by atoms with E-state index >= 15 is 0 Å². The van der Waals surface area contributed by atoms with E-state index in [2.05, 4.69) is 89.7 Å². The summed E-state index contributed by atoms with van der Waals surface area (Å²) in [5, 5.41) is 2.44. The van der Waals surface area contributed by atoms with Crippen LogP contribution in [0.25, 0.3) is 21.8 Å². The average molecular weight is 508 g/mol. The van der Waals surface area contributed by atoms with Crippen molar-refractivity contribution in [1.82, 2.24) is 4.57 Å². The third-order valence-electron chi connectivity index (χ3n) is 6.65. The summed E-state index contributed by atoms with van der Waals surface area (Å²) < 4.78 is 8.37. The molecule has 1 aromatic heterocycles. The first-order valence-electron chi connectivity index (χ1n) is 12.7. The largest absolute Gasteiger partial charge is 0.459 e. The van der Waals surface area contributed by atoms with Crippen LogP contribution in [0.3, 0.4) is 0 Å². The van der Waals surface area contributed by atoms with Gasteiger partial charge in [-0.1, -0.05) is 91.0 Å². The summed E-state index contributed by atoms with van der Waals surface area (Å²) in [5.74, 6) is -0.589. The number of hydrogen-bond donors (Lipinski definition) is 0. The maximum atomic E-state index is 13.7. The van der Waals surface area contributed by atoms with Crippen LogP contribution in [0.15, 0.2) is 102 Å². The molecule has 1 heterocycles. The van der Waals surface area contributed by atoms with Crippen molar-refractivity contribution in [1.29, 1.82) is 0 Å². The SMILES string of the molecule is CSc1c(C(Cc2ccccc2)C(=O)OC(C)(C)C)ccc2c3ccccc3n(Cc3ccccc3)c12. The predicted molar refractivity (Wildman–Crippen MR) is 156 cm³/mol. The van der Waals surface area contributed by atoms with E-state index in [1.165, 1.54) is 27.4 Å². The molecule has 0 N–H and O–H groups in total. The Balaban J connectivity index is 1.73. The van der Waals surface area contributed by atoms with Crippen molar-refractivity contribution in [2.24, 2.45) is 0 Å². The lowest BCUT2D eigenvalue weighted by molar-refractivity contribution is -0.156. The number of nitrogens with zero attached hydrogens (tertiary/aromatic N) is 1. The first kappa shape index (κ1) is 25.2. The van der Waals surface area contributed by atoms with E-state index in [9.17, 15) is 4.79 Å². The van der Waals surface area contributed by atoms with Gasteiger partial charge in [-0.3, -0.25) is 4.79 Å². The van der Waals surface area contributed by atoms with Gasteiger partial charge in [0.1, 0.15) is 5.60 Å². The van der Waals surface area contributed by atoms with Crippen molar-refractivity contribution in [2.75, 3.05) is 6.26 Å². The molecule has 4 heteroatoms. The third kappa shape index (κ3) is 5.30. The van der Waals surface area contributed by atoms with Crippen LogP contribution >= 0.6 is 11.8 Å². The van der Waals surface area contributed by atoms with Crippen LogP contribution in [0.2, 0.25) is 0 Å². The third-order valence-corrected chi connectivity index (χ3v) is 7.49. The Morgan fingerprint density at radius 3 is 2.08 bits per heavy atom. The Labute approximate surface area is 223 Å². The van der Waals surface area contributed by atoms with Gasteiger partial charge in [0.2, 0.25) is 0 Å². The van der Waals surface area contributed by atoms with Crippen LogP contribution in [-0.2, 0) is 22.5 Å². The number of thioether (sulfide) groups is 1. The number of carbonyl (C=O) groups excluding carboxylic acids is 1. The highest BCUT2D eigenvalue weighted by Gasteiger charge is 2.30. The van der Waals surface area contributed by atoms with Gasteiger partial charge in [0.05, 0.1) is 11.4 Å². The number of aromatic nitrogens is 1. The molecule has 0 radical (unpaired) electrons. The van der Waals surface area contributed by atoms with Gasteiger partial charge in [0.25, 0.3) is 0 Å². The van der Waals surface area contributed by atoms with Gasteiger partial charge in [-0.15, -0.1) is 11.8 Å². The van der Waals surface area contributed by atoms with Crippen LogP contribution in [0.5, 0.6) is 0 Å². The lowest BCUT2D eigenvalue weighted by Crippen LogP contribution is -2.29. The first-order chi connectivity index (χ1) is 17.9. The minimum atomic E-state index is -0.558. The zero-order valence-electron chi connectivity index (χ0n) is 21.9. The van der Waals surface area contributed by atoms with Crippen molar-refractivity contribution in [2.45, 2.75) is 50.2 Å². The summed E-state index contributed by atoms with van der Waals surface area (Å²) >= 11 is 1.71. The number of carbonyl (C=O) groups is 1. The molecular weight excluding hydrogens is 474 g/mol. The highest BCUT2D eigenvalue weighted by atomic mass is 32.2. The molecule has 0 saturated heterocycles. The fraction of sp³-hybridized carbons (Fsp3) is 0.242. The van der Waals surface area contributed by atoms with Crippen LogP contribution < -0.4 is 0 Å². The number of esters is 1. The minimum absolute atomic E-state index is 0.184. The number of fused-ring (bicyclic) bond motifs is 3. The standard InChI is InChI=1S/C33H33NO2S/c1-33(2,3)36-32(35)28(21-23-13-7-5-8-14-23)27-20-19-26-25-17-11-12-18-29(25)34(30(26)31(27)37-4)22-24-15-9-6-10-16-24/h5-20,28H,21-22H2,1-4H3. The molecule has 0 saturated carbocycles. The van der Waals surface area contributed by atoms with Crippen molar-refractivity contribution < 1.29 is 9.53 Å². The molecule has 3 nitrogen and oxygen atoms in total. The lowest BCUT2D eigenvalue weighted by Gasteiger charge is -2.26. The smallest absolute Gasteiger partial charge is 0.314 e. The molecule has 37 heavy (non-hydrogen) atoms. The zero-order valence-corrected chi connectivity index (χ0v) is 22.7. The summed E-state index contributed by atoms with van der Waals surface area (Å²) in [6.07, 6.45) is 2.70. The van der Waals surface area contributed by atoms with Gasteiger partial charge in [-0.2, -0.15) is 0 Å². The second-order valence-electron chi connectivity index (χ2n) is 10.4. The summed E-state index contributed by atoms with van der Waals surface area (Å²) in [6.45, 7) is 6.56. The van der Waals surface area contributed by atoms with Crippen molar-refractivity contribution in [3.8, 4) is 0 Å². The topological polar surface area (TPSA) is 31.2 Å². The molecule has 0 bridgehead atoms. The summed E-state index contributed by atoms with van der Waals surface area (Å²) in [5.41, 5.74) is 5.21.